The second-order valence-corrected chi connectivity index (χ2v) is 12.9. The van der Waals surface area contributed by atoms with E-state index in [2.05, 4.69) is 5.32 Å². The van der Waals surface area contributed by atoms with E-state index < -0.39 is 34.1 Å². The molecule has 7 nitrogen and oxygen atoms in total. The average molecular weight is 591 g/mol. The van der Waals surface area contributed by atoms with E-state index in [1.807, 2.05) is 51.1 Å². The predicted molar refractivity (Wildman–Crippen MR) is 157 cm³/mol. The second kappa shape index (κ2) is 12.9. The fraction of sp³-hybridized carbons (Fsp3) is 0.310. The number of benzene rings is 3. The summed E-state index contributed by atoms with van der Waals surface area (Å²) >= 11 is 12.5. The molecular weight excluding hydrogens is 557 g/mol. The summed E-state index contributed by atoms with van der Waals surface area (Å²) in [5.74, 6) is -0.890. The first-order chi connectivity index (χ1) is 18.3. The minimum atomic E-state index is -4.20. The lowest BCUT2D eigenvalue weighted by Gasteiger charge is -2.33. The molecule has 3 aromatic rings. The molecule has 2 amide bonds. The maximum atomic E-state index is 13.9. The van der Waals surface area contributed by atoms with Gasteiger partial charge in [-0.05, 0) is 70.0 Å². The highest BCUT2D eigenvalue weighted by Gasteiger charge is 2.33. The van der Waals surface area contributed by atoms with Gasteiger partial charge in [0.1, 0.15) is 12.6 Å². The van der Waals surface area contributed by atoms with E-state index in [0.29, 0.717) is 11.4 Å². The molecule has 0 heterocycles. The molecule has 3 rings (SSSR count). The quantitative estimate of drug-likeness (QED) is 0.335. The zero-order valence-corrected chi connectivity index (χ0v) is 24.7. The molecule has 0 aliphatic carbocycles. The molecule has 0 saturated heterocycles. The van der Waals surface area contributed by atoms with Gasteiger partial charge in [0.05, 0.1) is 15.6 Å². The van der Waals surface area contributed by atoms with Crippen molar-refractivity contribution in [3.8, 4) is 0 Å². The highest BCUT2D eigenvalue weighted by molar-refractivity contribution is 7.92. The number of rotatable bonds is 10. The van der Waals surface area contributed by atoms with Gasteiger partial charge in [-0.1, -0.05) is 71.7 Å². The summed E-state index contributed by atoms with van der Waals surface area (Å²) in [7, 11) is -4.20. The van der Waals surface area contributed by atoms with Crippen molar-refractivity contribution < 1.29 is 18.0 Å². The van der Waals surface area contributed by atoms with Crippen LogP contribution in [0.15, 0.2) is 83.8 Å². The Bertz CT molecular complexity index is 1400. The van der Waals surface area contributed by atoms with Crippen molar-refractivity contribution in [2.75, 3.05) is 17.4 Å². The van der Waals surface area contributed by atoms with E-state index >= 15 is 0 Å². The van der Waals surface area contributed by atoms with Crippen LogP contribution in [0.1, 0.15) is 33.3 Å². The van der Waals surface area contributed by atoms with Crippen molar-refractivity contribution in [1.82, 2.24) is 10.2 Å². The lowest BCUT2D eigenvalue weighted by Crippen LogP contribution is -2.55. The minimum absolute atomic E-state index is 0.00169. The number of hydrogen-bond acceptors (Lipinski definition) is 4. The third-order valence-corrected chi connectivity index (χ3v) is 8.25. The van der Waals surface area contributed by atoms with E-state index in [-0.39, 0.29) is 28.1 Å². The van der Waals surface area contributed by atoms with Crippen LogP contribution >= 0.6 is 23.2 Å². The van der Waals surface area contributed by atoms with Gasteiger partial charge in [-0.15, -0.1) is 0 Å². The van der Waals surface area contributed by atoms with Crippen LogP contribution in [-0.2, 0) is 26.0 Å². The SMILES string of the molecule is C[C@@H](C(=O)NC(C)(C)C)N(CCc1ccccc1)C(=O)CN(c1ccc(Cl)cc1Cl)S(=O)(=O)c1ccccc1. The van der Waals surface area contributed by atoms with Gasteiger partial charge in [0, 0.05) is 17.1 Å². The Labute approximate surface area is 240 Å². The van der Waals surface area contributed by atoms with Crippen molar-refractivity contribution in [3.05, 3.63) is 94.5 Å². The lowest BCUT2D eigenvalue weighted by molar-refractivity contribution is -0.139. The molecule has 39 heavy (non-hydrogen) atoms. The largest absolute Gasteiger partial charge is 0.350 e. The Morgan fingerprint density at radius 2 is 1.51 bits per heavy atom. The fourth-order valence-corrected chi connectivity index (χ4v) is 5.98. The minimum Gasteiger partial charge on any atom is -0.350 e. The smallest absolute Gasteiger partial charge is 0.264 e. The average Bonchev–Trinajstić information content (AvgIpc) is 2.87. The number of anilines is 1. The van der Waals surface area contributed by atoms with Crippen LogP contribution in [-0.4, -0.2) is 49.8 Å². The zero-order valence-electron chi connectivity index (χ0n) is 22.4. The van der Waals surface area contributed by atoms with E-state index in [0.717, 1.165) is 9.87 Å². The highest BCUT2D eigenvalue weighted by atomic mass is 35.5. The van der Waals surface area contributed by atoms with Gasteiger partial charge < -0.3 is 10.2 Å². The van der Waals surface area contributed by atoms with Gasteiger partial charge in [0.15, 0.2) is 0 Å². The maximum absolute atomic E-state index is 13.9. The molecule has 0 aliphatic heterocycles. The molecule has 208 valence electrons. The predicted octanol–water partition coefficient (Wildman–Crippen LogP) is 5.56. The Hall–Kier alpha value is -3.07. The summed E-state index contributed by atoms with van der Waals surface area (Å²) in [5, 5.41) is 3.30. The van der Waals surface area contributed by atoms with Crippen molar-refractivity contribution in [3.63, 3.8) is 0 Å². The summed E-state index contributed by atoms with van der Waals surface area (Å²) in [6, 6.07) is 20.9. The summed E-state index contributed by atoms with van der Waals surface area (Å²) in [4.78, 5) is 28.4. The summed E-state index contributed by atoms with van der Waals surface area (Å²) in [6.45, 7) is 6.82. The van der Waals surface area contributed by atoms with Crippen molar-refractivity contribution >= 4 is 50.7 Å². The molecule has 0 aliphatic rings. The van der Waals surface area contributed by atoms with Gasteiger partial charge >= 0.3 is 0 Å². The van der Waals surface area contributed by atoms with Crippen LogP contribution in [0.4, 0.5) is 5.69 Å². The van der Waals surface area contributed by atoms with E-state index in [9.17, 15) is 18.0 Å². The van der Waals surface area contributed by atoms with Crippen molar-refractivity contribution in [2.45, 2.75) is 50.6 Å². The first-order valence-corrected chi connectivity index (χ1v) is 14.7. The van der Waals surface area contributed by atoms with Gasteiger partial charge in [-0.2, -0.15) is 0 Å². The van der Waals surface area contributed by atoms with Crippen LogP contribution in [0.2, 0.25) is 10.0 Å². The van der Waals surface area contributed by atoms with Crippen molar-refractivity contribution in [1.29, 1.82) is 0 Å². The third-order valence-electron chi connectivity index (χ3n) is 5.94. The molecule has 0 saturated carbocycles. The zero-order chi connectivity index (χ0) is 28.8. The second-order valence-electron chi connectivity index (χ2n) is 10.2. The van der Waals surface area contributed by atoms with Crippen LogP contribution in [0, 0.1) is 0 Å². The number of hydrogen-bond donors (Lipinski definition) is 1. The monoisotopic (exact) mass is 589 g/mol. The van der Waals surface area contributed by atoms with Gasteiger partial charge in [0.25, 0.3) is 10.0 Å². The topological polar surface area (TPSA) is 86.8 Å². The van der Waals surface area contributed by atoms with E-state index in [1.54, 1.807) is 25.1 Å². The first kappa shape index (κ1) is 30.5. The number of sulfonamides is 1. The highest BCUT2D eigenvalue weighted by Crippen LogP contribution is 2.33. The van der Waals surface area contributed by atoms with Crippen LogP contribution in [0.5, 0.6) is 0 Å². The van der Waals surface area contributed by atoms with E-state index in [1.165, 1.54) is 35.2 Å². The summed E-state index contributed by atoms with van der Waals surface area (Å²) in [6.07, 6.45) is 0.479. The maximum Gasteiger partial charge on any atom is 0.264 e. The van der Waals surface area contributed by atoms with Crippen LogP contribution in [0.3, 0.4) is 0 Å². The van der Waals surface area contributed by atoms with Crippen molar-refractivity contribution in [2.24, 2.45) is 0 Å². The molecule has 10 heteroatoms. The molecule has 0 radical (unpaired) electrons. The van der Waals surface area contributed by atoms with E-state index in [4.69, 9.17) is 23.2 Å². The third kappa shape index (κ3) is 8.21. The number of halogens is 2. The Kier molecular flexibility index (Phi) is 10.0. The Balaban J connectivity index is 2.01. The molecule has 0 fully saturated rings. The standard InChI is InChI=1S/C29H33Cl2N3O4S/c1-21(28(36)32-29(2,3)4)33(18-17-22-11-7-5-8-12-22)27(35)20-34(26-16-15-23(30)19-25(26)31)39(37,38)24-13-9-6-10-14-24/h5-16,19,21H,17-18,20H2,1-4H3,(H,32,36)/t21-/m0/s1. The molecule has 0 bridgehead atoms. The lowest BCUT2D eigenvalue weighted by atomic mass is 10.1. The van der Waals surface area contributed by atoms with Gasteiger partial charge in [-0.25, -0.2) is 8.42 Å². The van der Waals surface area contributed by atoms with Crippen LogP contribution in [0.25, 0.3) is 0 Å². The molecule has 0 spiro atoms. The Morgan fingerprint density at radius 1 is 0.923 bits per heavy atom. The molecular formula is C29H33Cl2N3O4S. The first-order valence-electron chi connectivity index (χ1n) is 12.5. The number of carbonyl (C=O) groups is 2. The number of nitrogens with one attached hydrogen (secondary N) is 1. The molecule has 3 aromatic carbocycles. The summed E-state index contributed by atoms with van der Waals surface area (Å²) in [5.41, 5.74) is 0.570. The Morgan fingerprint density at radius 3 is 2.08 bits per heavy atom. The molecule has 1 N–H and O–H groups in total. The molecule has 0 unspecified atom stereocenters. The number of nitrogens with zero attached hydrogens (tertiary/aromatic N) is 2. The number of amides is 2. The summed E-state index contributed by atoms with van der Waals surface area (Å²) < 4.78 is 28.5. The van der Waals surface area contributed by atoms with Gasteiger partial charge in [-0.3, -0.25) is 13.9 Å². The fourth-order valence-electron chi connectivity index (χ4n) is 3.96. The number of carbonyl (C=O) groups excluding carboxylic acids is 2. The van der Waals surface area contributed by atoms with Gasteiger partial charge in [0.2, 0.25) is 11.8 Å². The molecule has 0 aromatic heterocycles. The van der Waals surface area contributed by atoms with Crippen LogP contribution < -0.4 is 9.62 Å². The molecule has 1 atom stereocenters. The normalized spacial score (nSPS) is 12.5.